The fourth-order valence-electron chi connectivity index (χ4n) is 29.7. The number of amides is 3. The molecule has 0 saturated heterocycles. The zero-order chi connectivity index (χ0) is 76.3. The van der Waals surface area contributed by atoms with Gasteiger partial charge in [0.15, 0.2) is 0 Å². The molecule has 24 atom stereocenters. The van der Waals surface area contributed by atoms with Gasteiger partial charge in [-0.15, -0.1) is 0 Å². The summed E-state index contributed by atoms with van der Waals surface area (Å²) in [4.78, 5) is 41.6. The molecule has 0 aromatic heterocycles. The van der Waals surface area contributed by atoms with Crippen LogP contribution in [0.2, 0.25) is 0 Å². The van der Waals surface area contributed by atoms with E-state index in [2.05, 4.69) is 138 Å². The quantitative estimate of drug-likeness (QED) is 0.0222. The monoisotopic (exact) mass is 1480 g/mol. The molecule has 12 aliphatic carbocycles. The summed E-state index contributed by atoms with van der Waals surface area (Å²) < 4.78 is 19.9. The first-order valence-corrected chi connectivity index (χ1v) is 46.5. The normalized spacial score (nSPS) is 39.7. The molecule has 0 aliphatic heterocycles. The number of rotatable bonds is 33. The predicted molar refractivity (Wildman–Crippen MR) is 441 cm³/mol. The number of hydrogen-bond acceptors (Lipinski definition) is 7. The largest absolute Gasteiger partial charge is 0.446 e. The average molecular weight is 1480 g/mol. The van der Waals surface area contributed by atoms with E-state index in [1.165, 1.54) is 154 Å². The molecule has 12 aliphatic rings. The van der Waals surface area contributed by atoms with Crippen molar-refractivity contribution in [3.8, 4) is 0 Å². The number of alkyl carbamates (subject to hydrolysis) is 3. The smallest absolute Gasteiger partial charge is 0.407 e. The maximum atomic E-state index is 13.9. The highest BCUT2D eigenvalue weighted by molar-refractivity contribution is 5.68. The molecule has 9 saturated carbocycles. The summed E-state index contributed by atoms with van der Waals surface area (Å²) in [6.45, 7) is 43.5. The van der Waals surface area contributed by atoms with E-state index in [0.29, 0.717) is 42.4 Å². The number of quaternary nitrogens is 1. The van der Waals surface area contributed by atoms with Crippen LogP contribution in [0, 0.1) is 139 Å². The van der Waals surface area contributed by atoms with Crippen LogP contribution in [0.5, 0.6) is 0 Å². The van der Waals surface area contributed by atoms with Crippen LogP contribution in [-0.2, 0) is 14.2 Å². The van der Waals surface area contributed by atoms with Crippen molar-refractivity contribution in [2.75, 3.05) is 52.4 Å². The first kappa shape index (κ1) is 83.4. The summed E-state index contributed by atoms with van der Waals surface area (Å²) in [5.74, 6) is 14.5. The van der Waals surface area contributed by atoms with Gasteiger partial charge in [-0.05, 0) is 280 Å². The Morgan fingerprint density at radius 2 is 0.673 bits per heavy atom. The van der Waals surface area contributed by atoms with Gasteiger partial charge in [-0.1, -0.05) is 197 Å². The Kier molecular flexibility index (Phi) is 27.6. The van der Waals surface area contributed by atoms with E-state index in [4.69, 9.17) is 19.9 Å². The highest BCUT2D eigenvalue weighted by Gasteiger charge is 2.63. The molecule has 3 amide bonds. The number of ether oxygens (including phenoxy) is 3. The molecule has 608 valence electrons. The second kappa shape index (κ2) is 35.4. The van der Waals surface area contributed by atoms with Crippen LogP contribution in [0.15, 0.2) is 34.9 Å². The Morgan fingerprint density at radius 1 is 0.383 bits per heavy atom. The lowest BCUT2D eigenvalue weighted by molar-refractivity contribution is -0.928. The molecule has 0 aromatic carbocycles. The third kappa shape index (κ3) is 17.9. The average Bonchev–Trinajstić information content (AvgIpc) is 1.69. The number of nitrogens with zero attached hydrogens (tertiary/aromatic N) is 1. The highest BCUT2D eigenvalue weighted by atomic mass is 16.6. The molecule has 12 rings (SSSR count). The van der Waals surface area contributed by atoms with Crippen LogP contribution in [-0.4, -0.2) is 93.4 Å². The third-order valence-corrected chi connectivity index (χ3v) is 35.7. The summed E-state index contributed by atoms with van der Waals surface area (Å²) in [6, 6.07) is 0. The number of nitrogens with two attached hydrogens (primary N) is 1. The molecule has 11 heteroatoms. The maximum absolute atomic E-state index is 13.9. The number of fused-ring (bicyclic) bond motifs is 15. The number of carbonyl (C=O) groups excluding carboxylic acids is 3. The lowest BCUT2D eigenvalue weighted by atomic mass is 9.47. The van der Waals surface area contributed by atoms with E-state index >= 15 is 0 Å². The topological polar surface area (TPSA) is 141 Å². The fraction of sp³-hybridized carbons (Fsp3) is 0.906. The van der Waals surface area contributed by atoms with Crippen molar-refractivity contribution in [2.45, 2.75) is 360 Å². The number of carbonyl (C=O) groups is 3. The molecule has 5 N–H and O–H groups in total. The second-order valence-corrected chi connectivity index (χ2v) is 42.9. The van der Waals surface area contributed by atoms with E-state index in [-0.39, 0.29) is 52.8 Å². The van der Waals surface area contributed by atoms with Crippen LogP contribution in [0.3, 0.4) is 0 Å². The van der Waals surface area contributed by atoms with E-state index in [1.807, 2.05) is 0 Å². The van der Waals surface area contributed by atoms with Gasteiger partial charge >= 0.3 is 18.3 Å². The number of hydrogen-bond donors (Lipinski definition) is 4. The summed E-state index contributed by atoms with van der Waals surface area (Å²) >= 11 is 0. The Morgan fingerprint density at radius 3 is 0.953 bits per heavy atom. The molecule has 0 spiro atoms. The van der Waals surface area contributed by atoms with E-state index in [0.717, 1.165) is 221 Å². The van der Waals surface area contributed by atoms with Crippen molar-refractivity contribution >= 4 is 18.3 Å². The van der Waals surface area contributed by atoms with Gasteiger partial charge in [-0.25, -0.2) is 14.4 Å². The lowest BCUT2D eigenvalue weighted by Gasteiger charge is -2.58. The Balaban J connectivity index is 0.630. The van der Waals surface area contributed by atoms with Gasteiger partial charge < -0.3 is 40.4 Å². The van der Waals surface area contributed by atoms with E-state index in [1.54, 1.807) is 16.7 Å². The first-order valence-electron chi connectivity index (χ1n) is 46.5. The number of allylic oxidation sites excluding steroid dienone is 3. The highest BCUT2D eigenvalue weighted by Crippen LogP contribution is 2.71. The van der Waals surface area contributed by atoms with Gasteiger partial charge in [-0.2, -0.15) is 0 Å². The second-order valence-electron chi connectivity index (χ2n) is 42.9. The summed E-state index contributed by atoms with van der Waals surface area (Å²) in [6.07, 6.45) is 51.3. The van der Waals surface area contributed by atoms with Crippen molar-refractivity contribution < 1.29 is 33.1 Å². The molecule has 0 bridgehead atoms. The van der Waals surface area contributed by atoms with Gasteiger partial charge in [0.2, 0.25) is 0 Å². The molecule has 0 radical (unpaired) electrons. The van der Waals surface area contributed by atoms with E-state index < -0.39 is 0 Å². The van der Waals surface area contributed by atoms with Gasteiger partial charge in [0, 0.05) is 64.6 Å². The Bertz CT molecular complexity index is 2740. The maximum Gasteiger partial charge on any atom is 0.407 e. The van der Waals surface area contributed by atoms with Gasteiger partial charge in [0.1, 0.15) is 18.3 Å². The van der Waals surface area contributed by atoms with Crippen molar-refractivity contribution in [1.82, 2.24) is 16.0 Å². The Labute approximate surface area is 655 Å². The molecule has 0 heterocycles. The van der Waals surface area contributed by atoms with Gasteiger partial charge in [-0.3, -0.25) is 0 Å². The molecular weight excluding hydrogens is 1320 g/mol. The van der Waals surface area contributed by atoms with Gasteiger partial charge in [0.25, 0.3) is 0 Å². The molecule has 9 fully saturated rings. The molecule has 0 aromatic rings. The predicted octanol–water partition coefficient (Wildman–Crippen LogP) is 23.7. The SMILES string of the molecule is CC(C)CCCC(C)C1CCC2C3CC=C4CC(OC(=O)NCCC[N+](CCCN)(CCCNC(=O)OC5CCC6(C)C(=CCC7C6CCC6(C)C(C(C)CCCC(C)C)CCC76)C5)CCCNC(=O)OC5CCC6(C)C(=CCC7C6CCC6(C)C(C(C)CCCC(C)C)CCC76)C5)CCC4(C)C3CCC12C. The standard InChI is InChI=1S/C96H163N5O6/c1-64(2)23-16-26-67(7)79-35-38-82-76-32-29-70-61-73(41-47-91(70,10)85(76)44-50-94(79,82)13)105-88(102)98-54-20-58-101(57-19-53-97,59-21-55-99-89(103)106-74-42-48-92(11)71(62-74)30-33-77-83-39-36-80(68(8)27-17-24-65(3)4)95(83,14)51-45-86(77)92)60-22-56-100-90(104)107-75-43-49-93(12)72(63-75)31-34-78-84-40-37-81(69(9)28-18-25-66(5)6)96(84,15)52-46-87(78)93/h29-31,64-69,73-87H,16-28,32-63,97H2,1-15H3,(H2-,98,99,100,102,103,104)/p+1. The molecule has 11 nitrogen and oxygen atoms in total. The van der Waals surface area contributed by atoms with Crippen molar-refractivity contribution in [3.63, 3.8) is 0 Å². The molecule has 24 unspecified atom stereocenters. The van der Waals surface area contributed by atoms with Gasteiger partial charge in [0.05, 0.1) is 26.2 Å². The Hall–Kier alpha value is -3.05. The van der Waals surface area contributed by atoms with Crippen molar-refractivity contribution in [1.29, 1.82) is 0 Å². The minimum atomic E-state index is -0.294. The minimum absolute atomic E-state index is 0.0931. The zero-order valence-electron chi connectivity index (χ0n) is 71.7. The summed E-state index contributed by atoms with van der Waals surface area (Å²) in [5, 5.41) is 9.69. The van der Waals surface area contributed by atoms with Crippen LogP contribution in [0.25, 0.3) is 0 Å². The lowest BCUT2D eigenvalue weighted by Crippen LogP contribution is -2.53. The number of nitrogens with one attached hydrogen (secondary N) is 3. The fourth-order valence-corrected chi connectivity index (χ4v) is 29.7. The summed E-state index contributed by atoms with van der Waals surface area (Å²) in [5.41, 5.74) is 13.1. The third-order valence-electron chi connectivity index (χ3n) is 35.7. The van der Waals surface area contributed by atoms with Crippen molar-refractivity contribution in [2.24, 2.45) is 145 Å². The van der Waals surface area contributed by atoms with Crippen LogP contribution < -0.4 is 21.7 Å². The van der Waals surface area contributed by atoms with Crippen LogP contribution >= 0.6 is 0 Å². The van der Waals surface area contributed by atoms with Crippen molar-refractivity contribution in [3.05, 3.63) is 34.9 Å². The van der Waals surface area contributed by atoms with E-state index in [9.17, 15) is 14.4 Å². The minimum Gasteiger partial charge on any atom is -0.446 e. The first-order chi connectivity index (χ1) is 51.1. The van der Waals surface area contributed by atoms with Crippen LogP contribution in [0.1, 0.15) is 341 Å². The zero-order valence-corrected chi connectivity index (χ0v) is 71.7. The summed E-state index contributed by atoms with van der Waals surface area (Å²) in [7, 11) is 0. The molecular formula is C96H164N5O6+. The molecule has 107 heavy (non-hydrogen) atoms. The van der Waals surface area contributed by atoms with Crippen LogP contribution in [0.4, 0.5) is 14.4 Å².